The minimum Gasteiger partial charge on any atom is -0.494 e. The van der Waals surface area contributed by atoms with E-state index in [1.807, 2.05) is 50.2 Å². The number of aromatic nitrogens is 1. The molecule has 2 aromatic carbocycles. The molecular formula is C22H23ClN2O2. The maximum absolute atomic E-state index is 12.6. The van der Waals surface area contributed by atoms with Crippen molar-refractivity contribution in [2.45, 2.75) is 26.7 Å². The van der Waals surface area contributed by atoms with Crippen molar-refractivity contribution in [3.63, 3.8) is 0 Å². The van der Waals surface area contributed by atoms with Gasteiger partial charge in [0.05, 0.1) is 17.7 Å². The van der Waals surface area contributed by atoms with E-state index < -0.39 is 0 Å². The molecule has 0 saturated heterocycles. The molecule has 1 N–H and O–H groups in total. The van der Waals surface area contributed by atoms with Crippen LogP contribution in [-0.4, -0.2) is 24.0 Å². The van der Waals surface area contributed by atoms with E-state index in [1.165, 1.54) is 0 Å². The Morgan fingerprint density at radius 2 is 1.85 bits per heavy atom. The molecule has 0 aliphatic carbocycles. The highest BCUT2D eigenvalue weighted by Crippen LogP contribution is 2.20. The highest BCUT2D eigenvalue weighted by Gasteiger charge is 2.11. The average molecular weight is 383 g/mol. The summed E-state index contributed by atoms with van der Waals surface area (Å²) in [4.78, 5) is 17.1. The molecule has 0 saturated carbocycles. The number of fused-ring (bicyclic) bond motifs is 1. The van der Waals surface area contributed by atoms with E-state index in [2.05, 4.69) is 10.3 Å². The second kappa shape index (κ2) is 8.87. The van der Waals surface area contributed by atoms with Gasteiger partial charge in [-0.2, -0.15) is 0 Å². The number of benzene rings is 2. The van der Waals surface area contributed by atoms with Gasteiger partial charge in [0.25, 0.3) is 5.91 Å². The first-order chi connectivity index (χ1) is 13.0. The molecule has 4 nitrogen and oxygen atoms in total. The zero-order valence-corrected chi connectivity index (χ0v) is 16.3. The first-order valence-corrected chi connectivity index (χ1v) is 9.45. The van der Waals surface area contributed by atoms with Crippen molar-refractivity contribution in [3.8, 4) is 5.75 Å². The van der Waals surface area contributed by atoms with Crippen LogP contribution in [0.4, 0.5) is 0 Å². The fraction of sp³-hybridized carbons (Fsp3) is 0.273. The van der Waals surface area contributed by atoms with Gasteiger partial charge in [0.2, 0.25) is 0 Å². The number of nitrogens with zero attached hydrogens (tertiary/aromatic N) is 1. The fourth-order valence-electron chi connectivity index (χ4n) is 2.90. The average Bonchev–Trinajstić information content (AvgIpc) is 2.65. The number of nitrogens with one attached hydrogen (secondary N) is 1. The van der Waals surface area contributed by atoms with Crippen LogP contribution in [0.5, 0.6) is 5.75 Å². The lowest BCUT2D eigenvalue weighted by molar-refractivity contribution is 0.0954. The molecular weight excluding hydrogens is 360 g/mol. The Morgan fingerprint density at radius 1 is 1.07 bits per heavy atom. The van der Waals surface area contributed by atoms with E-state index >= 15 is 0 Å². The molecule has 0 aliphatic heterocycles. The monoisotopic (exact) mass is 382 g/mol. The Hall–Kier alpha value is -2.59. The molecule has 1 heterocycles. The molecule has 0 atom stereocenters. The lowest BCUT2D eigenvalue weighted by Crippen LogP contribution is -2.25. The van der Waals surface area contributed by atoms with Crippen LogP contribution in [0, 0.1) is 13.8 Å². The van der Waals surface area contributed by atoms with Gasteiger partial charge in [0.1, 0.15) is 5.75 Å². The van der Waals surface area contributed by atoms with Crippen LogP contribution in [0.25, 0.3) is 10.9 Å². The first kappa shape index (κ1) is 19.2. The van der Waals surface area contributed by atoms with Gasteiger partial charge < -0.3 is 10.1 Å². The van der Waals surface area contributed by atoms with E-state index in [0.717, 1.165) is 40.8 Å². The third-order valence-electron chi connectivity index (χ3n) is 4.28. The summed E-state index contributed by atoms with van der Waals surface area (Å²) in [5.74, 6) is 0.743. The van der Waals surface area contributed by atoms with Crippen molar-refractivity contribution in [1.29, 1.82) is 0 Å². The topological polar surface area (TPSA) is 51.2 Å². The van der Waals surface area contributed by atoms with Crippen LogP contribution in [0.2, 0.25) is 5.02 Å². The maximum atomic E-state index is 12.6. The standard InChI is InChI=1S/C22H23ClN2O2/c1-15-5-10-21-19(13-15)20(14-16(2)25-21)22(26)24-11-3-4-12-27-18-8-6-17(23)7-9-18/h5-10,13-14H,3-4,11-12H2,1-2H3,(H,24,26). The summed E-state index contributed by atoms with van der Waals surface area (Å²) in [5, 5.41) is 4.59. The number of ether oxygens (including phenoxy) is 1. The fourth-order valence-corrected chi connectivity index (χ4v) is 3.03. The normalized spacial score (nSPS) is 10.8. The summed E-state index contributed by atoms with van der Waals surface area (Å²) in [7, 11) is 0. The second-order valence-electron chi connectivity index (χ2n) is 6.60. The van der Waals surface area contributed by atoms with Crippen LogP contribution >= 0.6 is 11.6 Å². The van der Waals surface area contributed by atoms with Crippen LogP contribution in [0.3, 0.4) is 0 Å². The lowest BCUT2D eigenvalue weighted by Gasteiger charge is -2.10. The molecule has 3 aromatic rings. The van der Waals surface area contributed by atoms with Gasteiger partial charge in [0.15, 0.2) is 0 Å². The molecule has 0 unspecified atom stereocenters. The number of unbranched alkanes of at least 4 members (excludes halogenated alkanes) is 1. The van der Waals surface area contributed by atoms with Crippen molar-refractivity contribution in [2.75, 3.05) is 13.2 Å². The molecule has 1 amide bonds. The van der Waals surface area contributed by atoms with Crippen LogP contribution < -0.4 is 10.1 Å². The van der Waals surface area contributed by atoms with Crippen molar-refractivity contribution >= 4 is 28.4 Å². The zero-order chi connectivity index (χ0) is 19.2. The zero-order valence-electron chi connectivity index (χ0n) is 15.6. The number of pyridine rings is 1. The van der Waals surface area contributed by atoms with Crippen LogP contribution in [0.15, 0.2) is 48.5 Å². The highest BCUT2D eigenvalue weighted by molar-refractivity contribution is 6.30. The molecule has 0 spiro atoms. The first-order valence-electron chi connectivity index (χ1n) is 9.07. The summed E-state index contributed by atoms with van der Waals surface area (Å²) in [6.45, 7) is 5.14. The van der Waals surface area contributed by atoms with E-state index in [-0.39, 0.29) is 5.91 Å². The van der Waals surface area contributed by atoms with Crippen LogP contribution in [0.1, 0.15) is 34.5 Å². The van der Waals surface area contributed by atoms with Crippen molar-refractivity contribution in [3.05, 3.63) is 70.4 Å². The van der Waals surface area contributed by atoms with Gasteiger partial charge in [-0.15, -0.1) is 0 Å². The second-order valence-corrected chi connectivity index (χ2v) is 7.03. The van der Waals surface area contributed by atoms with Crippen LogP contribution in [-0.2, 0) is 0 Å². The number of amides is 1. The number of hydrogen-bond acceptors (Lipinski definition) is 3. The molecule has 0 aliphatic rings. The van der Waals surface area contributed by atoms with Crippen molar-refractivity contribution < 1.29 is 9.53 Å². The summed E-state index contributed by atoms with van der Waals surface area (Å²) < 4.78 is 5.66. The van der Waals surface area contributed by atoms with E-state index in [0.29, 0.717) is 23.7 Å². The third-order valence-corrected chi connectivity index (χ3v) is 4.53. The number of carbonyl (C=O) groups excluding carboxylic acids is 1. The minimum absolute atomic E-state index is 0.0604. The SMILES string of the molecule is Cc1ccc2nc(C)cc(C(=O)NCCCCOc3ccc(Cl)cc3)c2c1. The van der Waals surface area contributed by atoms with Crippen molar-refractivity contribution in [1.82, 2.24) is 10.3 Å². The number of hydrogen-bond donors (Lipinski definition) is 1. The summed E-state index contributed by atoms with van der Waals surface area (Å²) in [6, 6.07) is 15.1. The summed E-state index contributed by atoms with van der Waals surface area (Å²) in [5.41, 5.74) is 3.48. The van der Waals surface area contributed by atoms with Gasteiger partial charge in [-0.3, -0.25) is 9.78 Å². The Morgan fingerprint density at radius 3 is 2.63 bits per heavy atom. The minimum atomic E-state index is -0.0604. The van der Waals surface area contributed by atoms with Gasteiger partial charge in [0, 0.05) is 22.6 Å². The molecule has 0 radical (unpaired) electrons. The molecule has 0 bridgehead atoms. The predicted molar refractivity (Wildman–Crippen MR) is 110 cm³/mol. The summed E-state index contributed by atoms with van der Waals surface area (Å²) in [6.07, 6.45) is 1.71. The van der Waals surface area contributed by atoms with Gasteiger partial charge in [-0.1, -0.05) is 23.2 Å². The summed E-state index contributed by atoms with van der Waals surface area (Å²) >= 11 is 5.85. The molecule has 5 heteroatoms. The molecule has 3 rings (SSSR count). The Labute approximate surface area is 164 Å². The van der Waals surface area contributed by atoms with Gasteiger partial charge in [-0.05, 0) is 69.2 Å². The lowest BCUT2D eigenvalue weighted by atomic mass is 10.0. The smallest absolute Gasteiger partial charge is 0.252 e. The number of aryl methyl sites for hydroxylation is 2. The number of halogens is 1. The number of rotatable bonds is 7. The van der Waals surface area contributed by atoms with E-state index in [1.54, 1.807) is 12.1 Å². The molecule has 27 heavy (non-hydrogen) atoms. The maximum Gasteiger partial charge on any atom is 0.252 e. The Balaban J connectivity index is 1.50. The molecule has 140 valence electrons. The van der Waals surface area contributed by atoms with E-state index in [9.17, 15) is 4.79 Å². The van der Waals surface area contributed by atoms with Gasteiger partial charge in [-0.25, -0.2) is 0 Å². The number of carbonyl (C=O) groups is 1. The molecule has 1 aromatic heterocycles. The predicted octanol–water partition coefficient (Wildman–Crippen LogP) is 5.09. The Bertz CT molecular complexity index is 939. The van der Waals surface area contributed by atoms with Crippen molar-refractivity contribution in [2.24, 2.45) is 0 Å². The highest BCUT2D eigenvalue weighted by atomic mass is 35.5. The quantitative estimate of drug-likeness (QED) is 0.579. The largest absolute Gasteiger partial charge is 0.494 e. The molecule has 0 fully saturated rings. The Kier molecular flexibility index (Phi) is 6.30. The van der Waals surface area contributed by atoms with Gasteiger partial charge >= 0.3 is 0 Å². The third kappa shape index (κ3) is 5.20. The van der Waals surface area contributed by atoms with E-state index in [4.69, 9.17) is 16.3 Å².